The average Bonchev–Trinajstić information content (AvgIpc) is 3.05. The molecular weight excluding hydrogens is 384 g/mol. The van der Waals surface area contributed by atoms with E-state index in [2.05, 4.69) is 47.3 Å². The Kier molecular flexibility index (Phi) is 6.06. The third-order valence-corrected chi connectivity index (χ3v) is 10.6. The van der Waals surface area contributed by atoms with Gasteiger partial charge in [0.15, 0.2) is 0 Å². The second kappa shape index (κ2) is 7.99. The highest BCUT2D eigenvalue weighted by molar-refractivity contribution is 5.28. The summed E-state index contributed by atoms with van der Waals surface area (Å²) in [5.74, 6) is 2.00. The summed E-state index contributed by atoms with van der Waals surface area (Å²) in [4.78, 5) is 0. The van der Waals surface area contributed by atoms with Crippen molar-refractivity contribution in [2.45, 2.75) is 110 Å². The van der Waals surface area contributed by atoms with Crippen LogP contribution in [-0.4, -0.2) is 33.1 Å². The van der Waals surface area contributed by atoms with Crippen LogP contribution in [0.25, 0.3) is 0 Å². The molecule has 9 atom stereocenters. The fourth-order valence-electron chi connectivity index (χ4n) is 8.53. The van der Waals surface area contributed by atoms with Crippen molar-refractivity contribution in [3.63, 3.8) is 0 Å². The van der Waals surface area contributed by atoms with Crippen LogP contribution in [0.2, 0.25) is 0 Å². The van der Waals surface area contributed by atoms with Crippen LogP contribution < -0.4 is 0 Å². The second-order valence-corrected chi connectivity index (χ2v) is 12.6. The molecule has 4 rings (SSSR count). The third kappa shape index (κ3) is 3.77. The molecule has 0 spiro atoms. The fraction of sp³-hybridized carbons (Fsp3) is 0.857. The fourth-order valence-corrected chi connectivity index (χ4v) is 8.53. The first kappa shape index (κ1) is 23.5. The van der Waals surface area contributed by atoms with E-state index < -0.39 is 11.7 Å². The topological polar surface area (TPSA) is 60.7 Å². The predicted molar refractivity (Wildman–Crippen MR) is 126 cm³/mol. The minimum absolute atomic E-state index is 0.0840. The molecule has 4 aliphatic carbocycles. The summed E-state index contributed by atoms with van der Waals surface area (Å²) < 4.78 is 0. The molecule has 0 aromatic rings. The van der Waals surface area contributed by atoms with Crippen molar-refractivity contribution in [1.82, 2.24) is 0 Å². The summed E-state index contributed by atoms with van der Waals surface area (Å²) in [6.07, 6.45) is 10.2. The summed E-state index contributed by atoms with van der Waals surface area (Å²) in [6, 6.07) is 0. The van der Waals surface area contributed by atoms with Crippen LogP contribution in [0.15, 0.2) is 23.8 Å². The minimum Gasteiger partial charge on any atom is -0.393 e. The van der Waals surface area contributed by atoms with Gasteiger partial charge in [0.2, 0.25) is 0 Å². The molecule has 31 heavy (non-hydrogen) atoms. The number of hydrogen-bond donors (Lipinski definition) is 3. The molecule has 0 radical (unpaired) electrons. The lowest BCUT2D eigenvalue weighted by molar-refractivity contribution is -0.125. The molecule has 3 N–H and O–H groups in total. The Morgan fingerprint density at radius 3 is 2.52 bits per heavy atom. The molecule has 0 saturated heterocycles. The van der Waals surface area contributed by atoms with Gasteiger partial charge in [-0.15, -0.1) is 0 Å². The lowest BCUT2D eigenvalue weighted by Gasteiger charge is -2.60. The Hall–Kier alpha value is -0.640. The van der Waals surface area contributed by atoms with Crippen LogP contribution >= 0.6 is 0 Å². The van der Waals surface area contributed by atoms with Crippen LogP contribution in [0.1, 0.15) is 92.4 Å². The Labute approximate surface area is 190 Å². The summed E-state index contributed by atoms with van der Waals surface area (Å²) in [7, 11) is 0. The van der Waals surface area contributed by atoms with Crippen molar-refractivity contribution in [3.8, 4) is 0 Å². The summed E-state index contributed by atoms with van der Waals surface area (Å²) in [5.41, 5.74) is 2.06. The molecule has 0 aromatic heterocycles. The number of rotatable bonds is 5. The van der Waals surface area contributed by atoms with E-state index >= 15 is 0 Å². The van der Waals surface area contributed by atoms with Crippen molar-refractivity contribution < 1.29 is 15.3 Å². The van der Waals surface area contributed by atoms with Gasteiger partial charge in [0.05, 0.1) is 17.8 Å². The molecule has 0 amide bonds. The first-order chi connectivity index (χ1) is 14.4. The van der Waals surface area contributed by atoms with E-state index in [0.717, 1.165) is 57.8 Å². The Morgan fingerprint density at radius 2 is 1.84 bits per heavy atom. The molecule has 0 heterocycles. The molecule has 3 heteroatoms. The van der Waals surface area contributed by atoms with Crippen molar-refractivity contribution in [2.75, 3.05) is 0 Å². The van der Waals surface area contributed by atoms with Gasteiger partial charge in [-0.05, 0) is 105 Å². The molecule has 3 saturated carbocycles. The van der Waals surface area contributed by atoms with Crippen LogP contribution in [0.3, 0.4) is 0 Å². The summed E-state index contributed by atoms with van der Waals surface area (Å²) >= 11 is 0. The van der Waals surface area contributed by atoms with E-state index in [1.54, 1.807) is 0 Å². The monoisotopic (exact) mass is 430 g/mol. The highest BCUT2D eigenvalue weighted by Gasteiger charge is 2.62. The van der Waals surface area contributed by atoms with Gasteiger partial charge in [-0.1, -0.05) is 51.5 Å². The van der Waals surface area contributed by atoms with Gasteiger partial charge in [-0.2, -0.15) is 0 Å². The van der Waals surface area contributed by atoms with E-state index in [0.29, 0.717) is 17.8 Å². The van der Waals surface area contributed by atoms with Crippen molar-refractivity contribution in [2.24, 2.45) is 40.4 Å². The third-order valence-electron chi connectivity index (χ3n) is 10.6. The number of allylic oxidation sites excluding steroid dienone is 1. The minimum atomic E-state index is -0.687. The molecule has 0 aromatic carbocycles. The number of aliphatic hydroxyl groups is 3. The van der Waals surface area contributed by atoms with Crippen molar-refractivity contribution in [3.05, 3.63) is 23.8 Å². The van der Waals surface area contributed by atoms with Gasteiger partial charge < -0.3 is 15.3 Å². The molecule has 0 aliphatic heterocycles. The van der Waals surface area contributed by atoms with E-state index in [1.807, 2.05) is 0 Å². The van der Waals surface area contributed by atoms with Gasteiger partial charge in [0, 0.05) is 0 Å². The van der Waals surface area contributed by atoms with E-state index in [9.17, 15) is 15.3 Å². The largest absolute Gasteiger partial charge is 0.393 e. The number of hydrogen-bond acceptors (Lipinski definition) is 3. The van der Waals surface area contributed by atoms with Gasteiger partial charge >= 0.3 is 0 Å². The standard InChI is InChI=1S/C28H46O3/c1-17(2)18(3)9-14-28(6,31)24-8-7-21-25-22(11-13-27(21,24)5)26(4)12-10-20(29)15-19(26)16-23(25)30/h16-17,20-25,29-31H,3,7-15H2,1-2,4-6H3. The van der Waals surface area contributed by atoms with Crippen molar-refractivity contribution in [1.29, 1.82) is 0 Å². The van der Waals surface area contributed by atoms with Crippen LogP contribution in [0.4, 0.5) is 0 Å². The first-order valence-corrected chi connectivity index (χ1v) is 12.9. The zero-order valence-corrected chi connectivity index (χ0v) is 20.5. The van der Waals surface area contributed by atoms with Crippen LogP contribution in [0, 0.1) is 40.4 Å². The first-order valence-electron chi connectivity index (χ1n) is 12.9. The van der Waals surface area contributed by atoms with E-state index in [-0.39, 0.29) is 28.8 Å². The highest BCUT2D eigenvalue weighted by atomic mass is 16.3. The zero-order chi connectivity index (χ0) is 22.8. The van der Waals surface area contributed by atoms with Crippen LogP contribution in [-0.2, 0) is 0 Å². The summed E-state index contributed by atoms with van der Waals surface area (Å²) in [6.45, 7) is 15.5. The second-order valence-electron chi connectivity index (χ2n) is 12.6. The summed E-state index contributed by atoms with van der Waals surface area (Å²) in [5, 5.41) is 33.2. The van der Waals surface area contributed by atoms with E-state index in [1.165, 1.54) is 11.1 Å². The van der Waals surface area contributed by atoms with Gasteiger partial charge in [-0.25, -0.2) is 0 Å². The van der Waals surface area contributed by atoms with Crippen molar-refractivity contribution >= 4 is 0 Å². The molecule has 3 nitrogen and oxygen atoms in total. The lowest BCUT2D eigenvalue weighted by Crippen LogP contribution is -2.56. The maximum Gasteiger partial charge on any atom is 0.0757 e. The Morgan fingerprint density at radius 1 is 1.13 bits per heavy atom. The highest BCUT2D eigenvalue weighted by Crippen LogP contribution is 2.67. The SMILES string of the molecule is C=C(CCC(C)(O)C1CCC2C3C(O)C=C4CC(O)CCC4(C)C3CCC21C)C(C)C. The maximum absolute atomic E-state index is 11.6. The van der Waals surface area contributed by atoms with Crippen LogP contribution in [0.5, 0.6) is 0 Å². The zero-order valence-electron chi connectivity index (χ0n) is 20.5. The van der Waals surface area contributed by atoms with Gasteiger partial charge in [0.1, 0.15) is 0 Å². The lowest BCUT2D eigenvalue weighted by atomic mass is 9.46. The van der Waals surface area contributed by atoms with Gasteiger partial charge in [0.25, 0.3) is 0 Å². The van der Waals surface area contributed by atoms with Gasteiger partial charge in [-0.3, -0.25) is 0 Å². The molecule has 3 fully saturated rings. The van der Waals surface area contributed by atoms with E-state index in [4.69, 9.17) is 0 Å². The molecular formula is C28H46O3. The Bertz CT molecular complexity index is 737. The maximum atomic E-state index is 11.6. The molecule has 9 unspecified atom stereocenters. The average molecular weight is 431 g/mol. The molecule has 176 valence electrons. The molecule has 4 aliphatic rings. The number of aliphatic hydroxyl groups excluding tert-OH is 2. The Balaban J connectivity index is 1.57. The smallest absolute Gasteiger partial charge is 0.0757 e. The predicted octanol–water partition coefficient (Wildman–Crippen LogP) is 5.64. The normalized spacial score (nSPS) is 46.5. The quantitative estimate of drug-likeness (QED) is 0.495. The number of fused-ring (bicyclic) bond motifs is 5. The molecule has 0 bridgehead atoms.